The zero-order valence-corrected chi connectivity index (χ0v) is 15.4. The molecule has 2 heterocycles. The zero-order valence-electron chi connectivity index (χ0n) is 14.6. The highest BCUT2D eigenvalue weighted by molar-refractivity contribution is 7.99. The van der Waals surface area contributed by atoms with Gasteiger partial charge in [-0.1, -0.05) is 42.1 Å². The molecule has 0 spiro atoms. The minimum Gasteiger partial charge on any atom is -0.322 e. The van der Waals surface area contributed by atoms with E-state index in [1.807, 2.05) is 54.7 Å². The van der Waals surface area contributed by atoms with Crippen LogP contribution < -0.4 is 5.32 Å². The van der Waals surface area contributed by atoms with Crippen molar-refractivity contribution >= 4 is 29.1 Å². The molecule has 0 aliphatic rings. The Labute approximate surface area is 160 Å². The van der Waals surface area contributed by atoms with Crippen molar-refractivity contribution in [1.29, 1.82) is 0 Å². The number of anilines is 1. The molecule has 7 heteroatoms. The van der Waals surface area contributed by atoms with Gasteiger partial charge in [0.15, 0.2) is 0 Å². The molecule has 0 radical (unpaired) electrons. The van der Waals surface area contributed by atoms with E-state index in [4.69, 9.17) is 0 Å². The van der Waals surface area contributed by atoms with Crippen LogP contribution in [0.3, 0.4) is 0 Å². The molecule has 2 aromatic carbocycles. The van der Waals surface area contributed by atoms with E-state index in [1.54, 1.807) is 34.6 Å². The average Bonchev–Trinajstić information content (AvgIpc) is 3.11. The van der Waals surface area contributed by atoms with Crippen LogP contribution in [0.15, 0.2) is 78.2 Å². The maximum Gasteiger partial charge on any atom is 0.255 e. The first-order valence-corrected chi connectivity index (χ1v) is 9.37. The molecule has 4 aromatic rings. The van der Waals surface area contributed by atoms with Crippen LogP contribution in [-0.2, 0) is 0 Å². The molecule has 0 saturated carbocycles. The van der Waals surface area contributed by atoms with Gasteiger partial charge in [0.2, 0.25) is 5.16 Å². The Morgan fingerprint density at radius 2 is 1.96 bits per heavy atom. The van der Waals surface area contributed by atoms with E-state index in [0.717, 1.165) is 11.3 Å². The second-order valence-electron chi connectivity index (χ2n) is 5.96. The van der Waals surface area contributed by atoms with Crippen LogP contribution >= 0.6 is 11.8 Å². The molecule has 4 rings (SSSR count). The Morgan fingerprint density at radius 1 is 1.11 bits per heavy atom. The molecule has 1 atom stereocenters. The number of thioether (sulfide) groups is 1. The number of amides is 1. The summed E-state index contributed by atoms with van der Waals surface area (Å²) in [4.78, 5) is 20.9. The van der Waals surface area contributed by atoms with Gasteiger partial charge in [0.25, 0.3) is 11.7 Å². The number of hydrogen-bond donors (Lipinski definition) is 1. The first kappa shape index (κ1) is 17.2. The van der Waals surface area contributed by atoms with Gasteiger partial charge in [-0.15, -0.1) is 5.10 Å². The lowest BCUT2D eigenvalue weighted by Crippen LogP contribution is -2.11. The molecule has 27 heavy (non-hydrogen) atoms. The first-order chi connectivity index (χ1) is 13.2. The number of carbonyl (C=O) groups excluding carboxylic acids is 1. The van der Waals surface area contributed by atoms with Gasteiger partial charge in [-0.05, 0) is 42.8 Å². The van der Waals surface area contributed by atoms with Gasteiger partial charge in [-0.2, -0.15) is 4.98 Å². The van der Waals surface area contributed by atoms with Crippen LogP contribution in [0.2, 0.25) is 0 Å². The van der Waals surface area contributed by atoms with Crippen LogP contribution in [-0.4, -0.2) is 25.5 Å². The Balaban J connectivity index is 1.48. The number of carbonyl (C=O) groups is 1. The van der Waals surface area contributed by atoms with Crippen LogP contribution in [0, 0.1) is 0 Å². The van der Waals surface area contributed by atoms with Gasteiger partial charge in [0, 0.05) is 28.9 Å². The molecule has 0 fully saturated rings. The Morgan fingerprint density at radius 3 is 2.78 bits per heavy atom. The van der Waals surface area contributed by atoms with E-state index < -0.39 is 0 Å². The lowest BCUT2D eigenvalue weighted by molar-refractivity contribution is 0.102. The van der Waals surface area contributed by atoms with Crippen molar-refractivity contribution in [2.45, 2.75) is 17.3 Å². The average molecular weight is 375 g/mol. The SMILES string of the molecule is C[C@H](Sc1nc2ncccn2n1)c1cccc(NC(=O)c2ccccc2)c1. The fraction of sp³-hybridized carbons (Fsp3) is 0.100. The summed E-state index contributed by atoms with van der Waals surface area (Å²) in [6.45, 7) is 2.09. The van der Waals surface area contributed by atoms with Crippen LogP contribution in [0.1, 0.15) is 28.1 Å². The quantitative estimate of drug-likeness (QED) is 0.529. The second kappa shape index (κ2) is 7.59. The number of hydrogen-bond acceptors (Lipinski definition) is 5. The summed E-state index contributed by atoms with van der Waals surface area (Å²) in [6.07, 6.45) is 3.52. The predicted octanol–water partition coefficient (Wildman–Crippen LogP) is 4.23. The van der Waals surface area contributed by atoms with Crippen molar-refractivity contribution in [3.63, 3.8) is 0 Å². The molecule has 134 valence electrons. The van der Waals surface area contributed by atoms with E-state index >= 15 is 0 Å². The normalized spacial score (nSPS) is 12.0. The number of nitrogens with one attached hydrogen (secondary N) is 1. The number of benzene rings is 2. The molecule has 0 saturated heterocycles. The minimum absolute atomic E-state index is 0.121. The summed E-state index contributed by atoms with van der Waals surface area (Å²) in [5, 5.41) is 8.16. The van der Waals surface area contributed by atoms with Gasteiger partial charge < -0.3 is 5.32 Å². The van der Waals surface area contributed by atoms with Crippen molar-refractivity contribution in [1.82, 2.24) is 19.6 Å². The molecular weight excluding hydrogens is 358 g/mol. The van der Waals surface area contributed by atoms with Gasteiger partial charge in [-0.25, -0.2) is 9.50 Å². The largest absolute Gasteiger partial charge is 0.322 e. The van der Waals surface area contributed by atoms with Gasteiger partial charge in [0.05, 0.1) is 0 Å². The minimum atomic E-state index is -0.124. The van der Waals surface area contributed by atoms with Crippen molar-refractivity contribution in [2.75, 3.05) is 5.32 Å². The summed E-state index contributed by atoms with van der Waals surface area (Å²) in [7, 11) is 0. The smallest absolute Gasteiger partial charge is 0.255 e. The predicted molar refractivity (Wildman–Crippen MR) is 106 cm³/mol. The third kappa shape index (κ3) is 3.98. The van der Waals surface area contributed by atoms with Crippen LogP contribution in [0.4, 0.5) is 5.69 Å². The highest BCUT2D eigenvalue weighted by Crippen LogP contribution is 2.33. The number of aromatic nitrogens is 4. The summed E-state index contributed by atoms with van der Waals surface area (Å²) >= 11 is 1.55. The Bertz CT molecular complexity index is 1050. The molecule has 0 bridgehead atoms. The molecular formula is C20H17N5OS. The monoisotopic (exact) mass is 375 g/mol. The zero-order chi connectivity index (χ0) is 18.6. The maximum absolute atomic E-state index is 12.3. The van der Waals surface area contributed by atoms with Gasteiger partial charge >= 0.3 is 0 Å². The Hall–Kier alpha value is -3.19. The fourth-order valence-corrected chi connectivity index (χ4v) is 3.52. The second-order valence-corrected chi connectivity index (χ2v) is 7.27. The van der Waals surface area contributed by atoms with Crippen molar-refractivity contribution in [2.24, 2.45) is 0 Å². The molecule has 0 aliphatic carbocycles. The lowest BCUT2D eigenvalue weighted by atomic mass is 10.1. The highest BCUT2D eigenvalue weighted by atomic mass is 32.2. The summed E-state index contributed by atoms with van der Waals surface area (Å²) in [6, 6.07) is 18.8. The number of nitrogens with zero attached hydrogens (tertiary/aromatic N) is 4. The highest BCUT2D eigenvalue weighted by Gasteiger charge is 2.13. The summed E-state index contributed by atoms with van der Waals surface area (Å²) < 4.78 is 1.66. The number of rotatable bonds is 5. The van der Waals surface area contributed by atoms with E-state index in [9.17, 15) is 4.79 Å². The van der Waals surface area contributed by atoms with Gasteiger partial charge in [0.1, 0.15) is 0 Å². The first-order valence-electron chi connectivity index (χ1n) is 8.49. The molecule has 2 aromatic heterocycles. The van der Waals surface area contributed by atoms with Crippen molar-refractivity contribution in [3.05, 3.63) is 84.2 Å². The summed E-state index contributed by atoms with van der Waals surface area (Å²) in [5.74, 6) is 0.456. The van der Waals surface area contributed by atoms with Crippen molar-refractivity contribution in [3.8, 4) is 0 Å². The van der Waals surface area contributed by atoms with Crippen molar-refractivity contribution < 1.29 is 4.79 Å². The van der Waals surface area contributed by atoms with E-state index in [0.29, 0.717) is 16.5 Å². The molecule has 0 unspecified atom stereocenters. The van der Waals surface area contributed by atoms with E-state index in [1.165, 1.54) is 0 Å². The molecule has 1 amide bonds. The topological polar surface area (TPSA) is 72.2 Å². The summed E-state index contributed by atoms with van der Waals surface area (Å²) in [5.41, 5.74) is 2.47. The lowest BCUT2D eigenvalue weighted by Gasteiger charge is -2.12. The third-order valence-electron chi connectivity index (χ3n) is 4.03. The third-order valence-corrected chi connectivity index (χ3v) is 5.04. The molecule has 6 nitrogen and oxygen atoms in total. The van der Waals surface area contributed by atoms with Gasteiger partial charge in [-0.3, -0.25) is 4.79 Å². The number of fused-ring (bicyclic) bond motifs is 1. The fourth-order valence-electron chi connectivity index (χ4n) is 2.65. The van der Waals surface area contributed by atoms with Crippen LogP contribution in [0.5, 0.6) is 0 Å². The van der Waals surface area contributed by atoms with E-state index in [-0.39, 0.29) is 11.2 Å². The standard InChI is InChI=1S/C20H17N5OS/c1-14(27-20-23-19-21-11-6-12-25(19)24-20)16-9-5-10-17(13-16)22-18(26)15-7-3-2-4-8-15/h2-14H,1H3,(H,22,26)/t14-/m0/s1. The van der Waals surface area contributed by atoms with E-state index in [2.05, 4.69) is 27.3 Å². The molecule has 1 N–H and O–H groups in total. The maximum atomic E-state index is 12.3. The Kier molecular flexibility index (Phi) is 4.84. The van der Waals surface area contributed by atoms with Crippen LogP contribution in [0.25, 0.3) is 5.78 Å². The molecule has 0 aliphatic heterocycles.